The van der Waals surface area contributed by atoms with Gasteiger partial charge in [0.15, 0.2) is 0 Å². The van der Waals surface area contributed by atoms with Crippen LogP contribution in [0.3, 0.4) is 0 Å². The highest BCUT2D eigenvalue weighted by Gasteiger charge is 2.27. The maximum atomic E-state index is 13.9. The largest absolute Gasteiger partial charge is 0.480 e. The smallest absolute Gasteiger partial charge is 0.323 e. The molecule has 1 aliphatic rings. The quantitative estimate of drug-likeness (QED) is 0.309. The topological polar surface area (TPSA) is 86.3 Å². The van der Waals surface area contributed by atoms with Gasteiger partial charge in [-0.1, -0.05) is 60.7 Å². The normalized spacial score (nSPS) is 12.6. The molecule has 2 heterocycles. The number of nitrogens with zero attached hydrogens (tertiary/aromatic N) is 3. The van der Waals surface area contributed by atoms with Crippen molar-refractivity contribution in [2.45, 2.75) is 13.5 Å². The van der Waals surface area contributed by atoms with Crippen LogP contribution < -0.4 is 4.90 Å². The van der Waals surface area contributed by atoms with E-state index in [4.69, 9.17) is 0 Å². The van der Waals surface area contributed by atoms with Crippen molar-refractivity contribution < 1.29 is 14.7 Å². The molecule has 0 bridgehead atoms. The number of hydrogen-bond acceptors (Lipinski definition) is 3. The van der Waals surface area contributed by atoms with Gasteiger partial charge in [0, 0.05) is 22.7 Å². The second-order valence-corrected chi connectivity index (χ2v) is 8.39. The van der Waals surface area contributed by atoms with E-state index in [0.717, 1.165) is 27.6 Å². The SMILES string of the molecule is Cc1ccc2c(C=C(C#N)C(=O)N3c4ccccc4C=Cc4ccccc43)cn(CC(=O)O)c2c1. The van der Waals surface area contributed by atoms with Crippen molar-refractivity contribution in [3.63, 3.8) is 0 Å². The van der Waals surface area contributed by atoms with Gasteiger partial charge in [0.25, 0.3) is 5.91 Å². The lowest BCUT2D eigenvalue weighted by atomic mass is 10.1. The van der Waals surface area contributed by atoms with E-state index in [0.29, 0.717) is 16.9 Å². The Hall–Kier alpha value is -4.89. The summed E-state index contributed by atoms with van der Waals surface area (Å²) in [6.45, 7) is 1.71. The number of hydrogen-bond donors (Lipinski definition) is 1. The number of anilines is 2. The van der Waals surface area contributed by atoms with Crippen molar-refractivity contribution >= 4 is 52.4 Å². The fourth-order valence-corrected chi connectivity index (χ4v) is 4.43. The molecular weight excluding hydrogens is 438 g/mol. The molecule has 170 valence electrons. The minimum absolute atomic E-state index is 0.0496. The van der Waals surface area contributed by atoms with Crippen molar-refractivity contribution in [1.29, 1.82) is 5.26 Å². The van der Waals surface area contributed by atoms with Crippen LogP contribution in [0.2, 0.25) is 0 Å². The summed E-state index contributed by atoms with van der Waals surface area (Å²) in [6.07, 6.45) is 7.13. The molecule has 0 radical (unpaired) electrons. The molecule has 1 aliphatic heterocycles. The molecule has 6 nitrogen and oxygen atoms in total. The zero-order chi connectivity index (χ0) is 24.5. The van der Waals surface area contributed by atoms with Crippen molar-refractivity contribution in [3.8, 4) is 6.07 Å². The number of carbonyl (C=O) groups is 2. The molecule has 0 saturated heterocycles. The summed E-state index contributed by atoms with van der Waals surface area (Å²) in [5.74, 6) is -1.43. The van der Waals surface area contributed by atoms with E-state index in [1.807, 2.05) is 85.8 Å². The summed E-state index contributed by atoms with van der Waals surface area (Å²) in [5, 5.41) is 20.2. The van der Waals surface area contributed by atoms with Crippen molar-refractivity contribution in [2.24, 2.45) is 0 Å². The molecule has 1 aromatic heterocycles. The second-order valence-electron chi connectivity index (χ2n) is 8.39. The number of rotatable bonds is 4. The number of carbonyl (C=O) groups excluding carboxylic acids is 1. The van der Waals surface area contributed by atoms with Gasteiger partial charge in [-0.05, 0) is 47.9 Å². The fraction of sp³-hybridized carbons (Fsp3) is 0.0690. The molecule has 0 atom stereocenters. The van der Waals surface area contributed by atoms with Gasteiger partial charge >= 0.3 is 5.97 Å². The summed E-state index contributed by atoms with van der Waals surface area (Å²) >= 11 is 0. The monoisotopic (exact) mass is 459 g/mol. The molecule has 3 aromatic carbocycles. The van der Waals surface area contributed by atoms with Crippen LogP contribution in [0.25, 0.3) is 29.1 Å². The first-order chi connectivity index (χ1) is 17.0. The van der Waals surface area contributed by atoms with Crippen LogP contribution in [-0.4, -0.2) is 21.6 Å². The molecule has 4 aromatic rings. The zero-order valence-corrected chi connectivity index (χ0v) is 19.0. The molecule has 1 N–H and O–H groups in total. The van der Waals surface area contributed by atoms with E-state index in [9.17, 15) is 20.0 Å². The van der Waals surface area contributed by atoms with E-state index in [1.54, 1.807) is 21.7 Å². The fourth-order valence-electron chi connectivity index (χ4n) is 4.43. The molecule has 6 heteroatoms. The number of aliphatic carboxylic acids is 1. The maximum Gasteiger partial charge on any atom is 0.323 e. The molecule has 0 fully saturated rings. The summed E-state index contributed by atoms with van der Waals surface area (Å²) in [4.78, 5) is 26.9. The number of para-hydroxylation sites is 2. The Kier molecular flexibility index (Phi) is 5.52. The second kappa shape index (κ2) is 8.81. The van der Waals surface area contributed by atoms with E-state index in [2.05, 4.69) is 6.07 Å². The third-order valence-corrected chi connectivity index (χ3v) is 6.03. The Morgan fingerprint density at radius 3 is 2.20 bits per heavy atom. The van der Waals surface area contributed by atoms with Gasteiger partial charge in [0.2, 0.25) is 0 Å². The lowest BCUT2D eigenvalue weighted by Gasteiger charge is -2.24. The number of amides is 1. The van der Waals surface area contributed by atoms with E-state index in [-0.39, 0.29) is 12.1 Å². The van der Waals surface area contributed by atoms with Crippen LogP contribution in [0.4, 0.5) is 11.4 Å². The van der Waals surface area contributed by atoms with E-state index < -0.39 is 11.9 Å². The highest BCUT2D eigenvalue weighted by molar-refractivity contribution is 6.18. The van der Waals surface area contributed by atoms with Crippen LogP contribution in [0.1, 0.15) is 22.3 Å². The van der Waals surface area contributed by atoms with E-state index >= 15 is 0 Å². The number of nitriles is 1. The van der Waals surface area contributed by atoms with Gasteiger partial charge in [-0.2, -0.15) is 5.26 Å². The predicted molar refractivity (Wildman–Crippen MR) is 137 cm³/mol. The number of benzene rings is 3. The molecule has 0 saturated carbocycles. The number of carboxylic acid groups (broad SMARTS) is 1. The van der Waals surface area contributed by atoms with Crippen LogP contribution in [-0.2, 0) is 16.1 Å². The van der Waals surface area contributed by atoms with Crippen LogP contribution in [0, 0.1) is 18.3 Å². The number of aromatic nitrogens is 1. The Labute approximate surface area is 202 Å². The van der Waals surface area contributed by atoms with Gasteiger partial charge in [-0.15, -0.1) is 0 Å². The average Bonchev–Trinajstić information content (AvgIpc) is 3.07. The minimum atomic E-state index is -0.971. The van der Waals surface area contributed by atoms with Gasteiger partial charge in [-0.25, -0.2) is 0 Å². The third kappa shape index (κ3) is 4.00. The van der Waals surface area contributed by atoms with Crippen LogP contribution in [0.5, 0.6) is 0 Å². The van der Waals surface area contributed by atoms with Gasteiger partial charge in [0.1, 0.15) is 18.2 Å². The first-order valence-electron chi connectivity index (χ1n) is 11.1. The predicted octanol–water partition coefficient (Wildman–Crippen LogP) is 5.79. The van der Waals surface area contributed by atoms with E-state index in [1.165, 1.54) is 0 Å². The lowest BCUT2D eigenvalue weighted by Crippen LogP contribution is -2.28. The number of carboxylic acids is 1. The third-order valence-electron chi connectivity index (χ3n) is 6.03. The number of fused-ring (bicyclic) bond motifs is 3. The molecule has 0 unspecified atom stereocenters. The Morgan fingerprint density at radius 1 is 0.971 bits per heavy atom. The van der Waals surface area contributed by atoms with Gasteiger partial charge < -0.3 is 9.67 Å². The summed E-state index contributed by atoms with van der Waals surface area (Å²) in [6, 6.07) is 22.9. The lowest BCUT2D eigenvalue weighted by molar-refractivity contribution is -0.137. The van der Waals surface area contributed by atoms with Crippen LogP contribution in [0.15, 0.2) is 78.5 Å². The summed E-state index contributed by atoms with van der Waals surface area (Å²) in [7, 11) is 0. The minimum Gasteiger partial charge on any atom is -0.480 e. The highest BCUT2D eigenvalue weighted by atomic mass is 16.4. The number of aryl methyl sites for hydroxylation is 1. The summed E-state index contributed by atoms with van der Waals surface area (Å²) < 4.78 is 1.62. The molecule has 35 heavy (non-hydrogen) atoms. The Morgan fingerprint density at radius 2 is 1.60 bits per heavy atom. The van der Waals surface area contributed by atoms with Crippen molar-refractivity contribution in [2.75, 3.05) is 4.90 Å². The Balaban J connectivity index is 1.66. The van der Waals surface area contributed by atoms with Gasteiger partial charge in [-0.3, -0.25) is 14.5 Å². The maximum absolute atomic E-state index is 13.9. The average molecular weight is 460 g/mol. The molecule has 1 amide bonds. The molecule has 0 spiro atoms. The molecule has 5 rings (SSSR count). The first kappa shape index (κ1) is 21.9. The van der Waals surface area contributed by atoms with Gasteiger partial charge in [0.05, 0.1) is 11.4 Å². The van der Waals surface area contributed by atoms with Crippen molar-refractivity contribution in [1.82, 2.24) is 4.57 Å². The zero-order valence-electron chi connectivity index (χ0n) is 19.0. The standard InChI is InChI=1S/C29H21N3O3/c1-19-10-13-24-23(17-31(18-28(33)34)27(24)14-19)15-22(16-30)29(35)32-25-8-4-2-6-20(25)11-12-21-7-3-5-9-26(21)32/h2-15,17H,18H2,1H3,(H,33,34). The molecule has 0 aliphatic carbocycles. The summed E-state index contributed by atoms with van der Waals surface area (Å²) in [5.41, 5.74) is 5.38. The Bertz CT molecular complexity index is 1550. The molecular formula is C29H21N3O3. The first-order valence-corrected chi connectivity index (χ1v) is 11.1. The highest BCUT2D eigenvalue weighted by Crippen LogP contribution is 2.37. The van der Waals surface area contributed by atoms with Crippen molar-refractivity contribution in [3.05, 3.63) is 101 Å². The van der Waals surface area contributed by atoms with Crippen LogP contribution >= 0.6 is 0 Å².